The van der Waals surface area contributed by atoms with Gasteiger partial charge < -0.3 is 14.2 Å². The van der Waals surface area contributed by atoms with Crippen LogP contribution >= 0.6 is 0 Å². The zero-order chi connectivity index (χ0) is 38.3. The topological polar surface area (TPSA) is 78.9 Å². The minimum absolute atomic E-state index is 0.0655. The molecule has 0 aromatic heterocycles. The number of ether oxygens (including phenoxy) is 3. The van der Waals surface area contributed by atoms with Gasteiger partial charge in [-0.25, -0.2) is 0 Å². The molecule has 6 nitrogen and oxygen atoms in total. The largest absolute Gasteiger partial charge is 0.462 e. The molecule has 0 spiro atoms. The summed E-state index contributed by atoms with van der Waals surface area (Å²) in [4.78, 5) is 37.7. The lowest BCUT2D eigenvalue weighted by molar-refractivity contribution is -0.167. The highest BCUT2D eigenvalue weighted by molar-refractivity contribution is 5.71. The highest BCUT2D eigenvalue weighted by atomic mass is 16.6. The second-order valence-electron chi connectivity index (χ2n) is 16.6. The molecule has 0 heterocycles. The van der Waals surface area contributed by atoms with E-state index < -0.39 is 6.10 Å². The average molecular weight is 737 g/mol. The van der Waals surface area contributed by atoms with Gasteiger partial charge in [-0.15, -0.1) is 0 Å². The van der Waals surface area contributed by atoms with Crippen LogP contribution in [-0.2, 0) is 28.6 Å². The zero-order valence-corrected chi connectivity index (χ0v) is 35.4. The van der Waals surface area contributed by atoms with Crippen molar-refractivity contribution in [1.29, 1.82) is 0 Å². The van der Waals surface area contributed by atoms with Crippen LogP contribution in [0.1, 0.15) is 247 Å². The number of unbranched alkanes of at least 4 members (excludes halogenated alkanes) is 25. The molecule has 0 aliphatic rings. The Kier molecular flexibility index (Phi) is 37.9. The molecular formula is C46H88O6. The Bertz CT molecular complexity index is 794. The first-order valence-electron chi connectivity index (χ1n) is 22.7. The lowest BCUT2D eigenvalue weighted by atomic mass is 10.0. The minimum atomic E-state index is -0.760. The molecule has 6 heteroatoms. The maximum absolute atomic E-state index is 12.7. The van der Waals surface area contributed by atoms with Crippen molar-refractivity contribution in [3.8, 4) is 0 Å². The molecule has 0 amide bonds. The van der Waals surface area contributed by atoms with Crippen LogP contribution in [0.3, 0.4) is 0 Å². The van der Waals surface area contributed by atoms with E-state index >= 15 is 0 Å². The molecule has 0 aliphatic heterocycles. The zero-order valence-electron chi connectivity index (χ0n) is 35.4. The number of carbonyl (C=O) groups excluding carboxylic acids is 3. The first kappa shape index (κ1) is 50.4. The van der Waals surface area contributed by atoms with E-state index in [-0.39, 0.29) is 31.1 Å². The van der Waals surface area contributed by atoms with Crippen molar-refractivity contribution in [2.45, 2.75) is 253 Å². The van der Waals surface area contributed by atoms with Crippen molar-refractivity contribution in [3.05, 3.63) is 0 Å². The number of hydrogen-bond acceptors (Lipinski definition) is 6. The van der Waals surface area contributed by atoms with Crippen molar-refractivity contribution in [2.24, 2.45) is 11.8 Å². The Morgan fingerprint density at radius 1 is 0.365 bits per heavy atom. The van der Waals surface area contributed by atoms with E-state index in [4.69, 9.17) is 14.2 Å². The lowest BCUT2D eigenvalue weighted by Gasteiger charge is -2.18. The monoisotopic (exact) mass is 737 g/mol. The summed E-state index contributed by atoms with van der Waals surface area (Å²) in [5, 5.41) is 0. The number of hydrogen-bond donors (Lipinski definition) is 0. The van der Waals surface area contributed by atoms with Gasteiger partial charge in [0.1, 0.15) is 13.2 Å². The van der Waals surface area contributed by atoms with Crippen molar-refractivity contribution in [1.82, 2.24) is 0 Å². The van der Waals surface area contributed by atoms with E-state index in [0.717, 1.165) is 69.6 Å². The minimum Gasteiger partial charge on any atom is -0.462 e. The molecule has 308 valence electrons. The van der Waals surface area contributed by atoms with Gasteiger partial charge in [-0.2, -0.15) is 0 Å². The molecule has 1 atom stereocenters. The molecule has 52 heavy (non-hydrogen) atoms. The van der Waals surface area contributed by atoms with Crippen LogP contribution in [0.15, 0.2) is 0 Å². The highest BCUT2D eigenvalue weighted by Crippen LogP contribution is 2.16. The van der Waals surface area contributed by atoms with Crippen LogP contribution in [0.5, 0.6) is 0 Å². The van der Waals surface area contributed by atoms with E-state index in [1.165, 1.54) is 135 Å². The fourth-order valence-corrected chi connectivity index (χ4v) is 6.75. The molecule has 0 unspecified atom stereocenters. The van der Waals surface area contributed by atoms with Crippen LogP contribution in [0.2, 0.25) is 0 Å². The molecule has 0 saturated heterocycles. The summed E-state index contributed by atoms with van der Waals surface area (Å²) in [6, 6.07) is 0. The summed E-state index contributed by atoms with van der Waals surface area (Å²) in [7, 11) is 0. The summed E-state index contributed by atoms with van der Waals surface area (Å²) >= 11 is 0. The standard InChI is InChI=1S/C46H88O6/c1-6-7-8-9-10-11-12-13-16-21-26-31-36-44(47)50-39-43(52-46(49)38-33-28-23-18-20-25-30-35-42(4)5)40-51-45(48)37-32-27-22-17-14-15-19-24-29-34-41(2)3/h41-43H,6-40H2,1-5H3/t43-/m0/s1. The van der Waals surface area contributed by atoms with Crippen LogP contribution in [0.25, 0.3) is 0 Å². The van der Waals surface area contributed by atoms with Gasteiger partial charge >= 0.3 is 17.9 Å². The van der Waals surface area contributed by atoms with Gasteiger partial charge in [0.15, 0.2) is 6.10 Å². The molecule has 0 aliphatic carbocycles. The number of rotatable bonds is 40. The molecule has 0 fully saturated rings. The number of esters is 3. The van der Waals surface area contributed by atoms with Crippen molar-refractivity contribution in [2.75, 3.05) is 13.2 Å². The lowest BCUT2D eigenvalue weighted by Crippen LogP contribution is -2.30. The van der Waals surface area contributed by atoms with E-state index in [9.17, 15) is 14.4 Å². The molecule has 0 bridgehead atoms. The summed E-state index contributed by atoms with van der Waals surface area (Å²) in [6.07, 6.45) is 36.7. The van der Waals surface area contributed by atoms with E-state index in [1.807, 2.05) is 0 Å². The summed E-state index contributed by atoms with van der Waals surface area (Å²) < 4.78 is 16.7. The predicted molar refractivity (Wildman–Crippen MR) is 220 cm³/mol. The molecule has 0 aromatic rings. The van der Waals surface area contributed by atoms with Gasteiger partial charge in [0.25, 0.3) is 0 Å². The smallest absolute Gasteiger partial charge is 0.306 e. The molecule has 0 N–H and O–H groups in total. The highest BCUT2D eigenvalue weighted by Gasteiger charge is 2.19. The number of carbonyl (C=O) groups is 3. The summed E-state index contributed by atoms with van der Waals surface area (Å²) in [5.74, 6) is 0.725. The predicted octanol–water partition coefficient (Wildman–Crippen LogP) is 14.2. The fourth-order valence-electron chi connectivity index (χ4n) is 6.75. The van der Waals surface area contributed by atoms with Crippen LogP contribution in [0.4, 0.5) is 0 Å². The third kappa shape index (κ3) is 39.6. The first-order valence-corrected chi connectivity index (χ1v) is 22.7. The quantitative estimate of drug-likeness (QED) is 0.0354. The first-order chi connectivity index (χ1) is 25.2. The van der Waals surface area contributed by atoms with Crippen molar-refractivity contribution >= 4 is 17.9 Å². The Labute approximate surface area is 323 Å². The average Bonchev–Trinajstić information content (AvgIpc) is 3.11. The van der Waals surface area contributed by atoms with Crippen LogP contribution in [-0.4, -0.2) is 37.2 Å². The Morgan fingerprint density at radius 3 is 0.942 bits per heavy atom. The van der Waals surface area contributed by atoms with Gasteiger partial charge in [0.05, 0.1) is 0 Å². The Hall–Kier alpha value is -1.59. The molecule has 0 aromatic carbocycles. The summed E-state index contributed by atoms with van der Waals surface area (Å²) in [5.41, 5.74) is 0. The van der Waals surface area contributed by atoms with Crippen LogP contribution < -0.4 is 0 Å². The third-order valence-corrected chi connectivity index (χ3v) is 10.2. The molecule has 0 rings (SSSR count). The SMILES string of the molecule is CCCCCCCCCCCCCCC(=O)OC[C@@H](COC(=O)CCCCCCCCCCCC(C)C)OC(=O)CCCCCCCCCC(C)C. The Balaban J connectivity index is 4.33. The van der Waals surface area contributed by atoms with E-state index in [0.29, 0.717) is 19.3 Å². The van der Waals surface area contributed by atoms with Crippen LogP contribution in [0, 0.1) is 11.8 Å². The maximum atomic E-state index is 12.7. The summed E-state index contributed by atoms with van der Waals surface area (Å²) in [6.45, 7) is 11.3. The fraction of sp³-hybridized carbons (Fsp3) is 0.935. The molecule has 0 radical (unpaired) electrons. The second-order valence-corrected chi connectivity index (χ2v) is 16.6. The van der Waals surface area contributed by atoms with Gasteiger partial charge in [-0.1, -0.05) is 208 Å². The van der Waals surface area contributed by atoms with Gasteiger partial charge in [-0.3, -0.25) is 14.4 Å². The second kappa shape index (κ2) is 39.1. The van der Waals surface area contributed by atoms with E-state index in [2.05, 4.69) is 34.6 Å². The Morgan fingerprint density at radius 2 is 0.635 bits per heavy atom. The third-order valence-electron chi connectivity index (χ3n) is 10.2. The normalized spacial score (nSPS) is 12.1. The molecule has 0 saturated carbocycles. The van der Waals surface area contributed by atoms with Gasteiger partial charge in [-0.05, 0) is 31.1 Å². The van der Waals surface area contributed by atoms with Crippen molar-refractivity contribution in [3.63, 3.8) is 0 Å². The van der Waals surface area contributed by atoms with Gasteiger partial charge in [0.2, 0.25) is 0 Å². The molecular weight excluding hydrogens is 648 g/mol. The van der Waals surface area contributed by atoms with Crippen molar-refractivity contribution < 1.29 is 28.6 Å². The van der Waals surface area contributed by atoms with E-state index in [1.54, 1.807) is 0 Å². The maximum Gasteiger partial charge on any atom is 0.306 e. The van der Waals surface area contributed by atoms with Gasteiger partial charge in [0, 0.05) is 19.3 Å².